The molecule has 0 radical (unpaired) electrons. The molecular formula is C11H17N3O3. The summed E-state index contributed by atoms with van der Waals surface area (Å²) in [5, 5.41) is 11.5. The van der Waals surface area contributed by atoms with E-state index in [1.807, 2.05) is 13.8 Å². The zero-order valence-electron chi connectivity index (χ0n) is 10.1. The fraction of sp³-hybridized carbons (Fsp3) is 0.545. The minimum absolute atomic E-state index is 0.136. The molecule has 1 rings (SSSR count). The van der Waals surface area contributed by atoms with Gasteiger partial charge in [0.1, 0.15) is 0 Å². The number of carboxylic acids is 1. The van der Waals surface area contributed by atoms with E-state index in [4.69, 9.17) is 9.84 Å². The van der Waals surface area contributed by atoms with E-state index >= 15 is 0 Å². The molecule has 0 aliphatic rings. The monoisotopic (exact) mass is 239 g/mol. The van der Waals surface area contributed by atoms with Crippen LogP contribution >= 0.6 is 0 Å². The molecule has 0 amide bonds. The van der Waals surface area contributed by atoms with Crippen molar-refractivity contribution in [1.29, 1.82) is 0 Å². The molecule has 2 N–H and O–H groups in total. The van der Waals surface area contributed by atoms with Crippen LogP contribution in [0.1, 0.15) is 25.5 Å². The number of ether oxygens (including phenoxy) is 1. The predicted molar refractivity (Wildman–Crippen MR) is 63.3 cm³/mol. The van der Waals surface area contributed by atoms with Crippen molar-refractivity contribution in [3.8, 4) is 5.88 Å². The van der Waals surface area contributed by atoms with Crippen molar-refractivity contribution < 1.29 is 14.6 Å². The number of carboxylic acid groups (broad SMARTS) is 1. The second-order valence-electron chi connectivity index (χ2n) is 3.53. The smallest absolute Gasteiger partial charge is 0.303 e. The van der Waals surface area contributed by atoms with Crippen molar-refractivity contribution in [1.82, 2.24) is 9.97 Å². The number of hydrogen-bond donors (Lipinski definition) is 2. The fourth-order valence-electron chi connectivity index (χ4n) is 1.28. The maximum atomic E-state index is 10.3. The Morgan fingerprint density at radius 2 is 2.29 bits per heavy atom. The highest BCUT2D eigenvalue weighted by Gasteiger charge is 2.02. The molecule has 1 aromatic heterocycles. The third kappa shape index (κ3) is 5.14. The van der Waals surface area contributed by atoms with Crippen LogP contribution < -0.4 is 10.1 Å². The molecule has 0 saturated heterocycles. The lowest BCUT2D eigenvalue weighted by atomic mass is 10.3. The molecule has 17 heavy (non-hydrogen) atoms. The third-order valence-corrected chi connectivity index (χ3v) is 1.97. The number of nitrogens with zero attached hydrogens (tertiary/aromatic N) is 2. The topological polar surface area (TPSA) is 84.3 Å². The Labute approximate surface area is 100 Å². The van der Waals surface area contributed by atoms with E-state index in [2.05, 4.69) is 15.3 Å². The summed E-state index contributed by atoms with van der Waals surface area (Å²) in [5.74, 6) is 0.200. The molecule has 0 spiro atoms. The van der Waals surface area contributed by atoms with Crippen molar-refractivity contribution >= 4 is 11.9 Å². The molecule has 0 saturated carbocycles. The predicted octanol–water partition coefficient (Wildman–Crippen LogP) is 1.46. The van der Waals surface area contributed by atoms with E-state index in [1.54, 1.807) is 6.07 Å². The van der Waals surface area contributed by atoms with Gasteiger partial charge in [0, 0.05) is 24.7 Å². The van der Waals surface area contributed by atoms with E-state index < -0.39 is 5.97 Å². The van der Waals surface area contributed by atoms with E-state index in [0.717, 1.165) is 5.69 Å². The van der Waals surface area contributed by atoms with Gasteiger partial charge in [-0.25, -0.2) is 4.98 Å². The number of rotatable bonds is 7. The molecule has 0 fully saturated rings. The molecule has 0 unspecified atom stereocenters. The molecular weight excluding hydrogens is 222 g/mol. The number of carbonyl (C=O) groups is 1. The van der Waals surface area contributed by atoms with Crippen molar-refractivity contribution in [2.24, 2.45) is 0 Å². The molecule has 6 nitrogen and oxygen atoms in total. The first kappa shape index (κ1) is 13.2. The number of anilines is 1. The van der Waals surface area contributed by atoms with Gasteiger partial charge >= 0.3 is 5.97 Å². The minimum atomic E-state index is -0.799. The molecule has 0 atom stereocenters. The second kappa shape index (κ2) is 6.67. The highest BCUT2D eigenvalue weighted by Crippen LogP contribution is 2.11. The number of aromatic nitrogens is 2. The number of aryl methyl sites for hydroxylation is 1. The molecule has 1 heterocycles. The largest absolute Gasteiger partial charge is 0.481 e. The van der Waals surface area contributed by atoms with Gasteiger partial charge < -0.3 is 15.2 Å². The maximum absolute atomic E-state index is 10.3. The number of aliphatic carboxylic acids is 1. The van der Waals surface area contributed by atoms with Crippen LogP contribution in [0.5, 0.6) is 5.88 Å². The van der Waals surface area contributed by atoms with E-state index in [0.29, 0.717) is 31.4 Å². The number of hydrogen-bond acceptors (Lipinski definition) is 5. The number of nitrogens with one attached hydrogen (secondary N) is 1. The Morgan fingerprint density at radius 3 is 2.94 bits per heavy atom. The van der Waals surface area contributed by atoms with Crippen molar-refractivity contribution in [3.05, 3.63) is 11.8 Å². The van der Waals surface area contributed by atoms with E-state index in [9.17, 15) is 4.79 Å². The van der Waals surface area contributed by atoms with Crippen LogP contribution in [0.2, 0.25) is 0 Å². The first-order valence-corrected chi connectivity index (χ1v) is 5.56. The molecule has 0 aromatic carbocycles. The van der Waals surface area contributed by atoms with Crippen molar-refractivity contribution in [3.63, 3.8) is 0 Å². The van der Waals surface area contributed by atoms with Gasteiger partial charge in [-0.3, -0.25) is 4.79 Å². The van der Waals surface area contributed by atoms with Crippen LogP contribution in [0.15, 0.2) is 6.07 Å². The Morgan fingerprint density at radius 1 is 1.53 bits per heavy atom. The van der Waals surface area contributed by atoms with Gasteiger partial charge in [0.25, 0.3) is 0 Å². The summed E-state index contributed by atoms with van der Waals surface area (Å²) in [6, 6.07) is 1.76. The molecule has 0 aliphatic heterocycles. The Hall–Kier alpha value is -1.85. The third-order valence-electron chi connectivity index (χ3n) is 1.97. The highest BCUT2D eigenvalue weighted by atomic mass is 16.5. The van der Waals surface area contributed by atoms with Gasteiger partial charge in [-0.1, -0.05) is 0 Å². The second-order valence-corrected chi connectivity index (χ2v) is 3.53. The summed E-state index contributed by atoms with van der Waals surface area (Å²) in [4.78, 5) is 18.7. The lowest BCUT2D eigenvalue weighted by Gasteiger charge is -2.07. The summed E-state index contributed by atoms with van der Waals surface area (Å²) in [5.41, 5.74) is 0.809. The first-order valence-electron chi connectivity index (χ1n) is 5.56. The highest BCUT2D eigenvalue weighted by molar-refractivity contribution is 5.66. The van der Waals surface area contributed by atoms with Gasteiger partial charge in [-0.2, -0.15) is 4.98 Å². The van der Waals surface area contributed by atoms with Crippen molar-refractivity contribution in [2.75, 3.05) is 18.5 Å². The van der Waals surface area contributed by atoms with Crippen LogP contribution in [-0.2, 0) is 4.79 Å². The van der Waals surface area contributed by atoms with Crippen LogP contribution in [0.3, 0.4) is 0 Å². The van der Waals surface area contributed by atoms with Crippen LogP contribution in [0, 0.1) is 6.92 Å². The quantitative estimate of drug-likeness (QED) is 0.701. The first-order chi connectivity index (χ1) is 8.11. The lowest BCUT2D eigenvalue weighted by molar-refractivity contribution is -0.137. The fourth-order valence-corrected chi connectivity index (χ4v) is 1.28. The van der Waals surface area contributed by atoms with Crippen LogP contribution in [-0.4, -0.2) is 34.2 Å². The zero-order chi connectivity index (χ0) is 12.7. The van der Waals surface area contributed by atoms with Gasteiger partial charge in [-0.05, 0) is 20.3 Å². The molecule has 0 aliphatic carbocycles. The summed E-state index contributed by atoms with van der Waals surface area (Å²) < 4.78 is 5.29. The molecule has 94 valence electrons. The Balaban J connectivity index is 2.49. The van der Waals surface area contributed by atoms with E-state index in [-0.39, 0.29) is 6.42 Å². The zero-order valence-corrected chi connectivity index (χ0v) is 10.1. The molecule has 6 heteroatoms. The van der Waals surface area contributed by atoms with Gasteiger partial charge in [0.05, 0.1) is 6.61 Å². The van der Waals surface area contributed by atoms with Crippen LogP contribution in [0.4, 0.5) is 5.95 Å². The summed E-state index contributed by atoms with van der Waals surface area (Å²) >= 11 is 0. The lowest BCUT2D eigenvalue weighted by Crippen LogP contribution is -2.09. The molecule has 0 bridgehead atoms. The van der Waals surface area contributed by atoms with Crippen LogP contribution in [0.25, 0.3) is 0 Å². The standard InChI is InChI=1S/C11H17N3O3/c1-3-17-9-7-8(2)13-11(14-9)12-6-4-5-10(15)16/h7H,3-6H2,1-2H3,(H,15,16)(H,12,13,14). The van der Waals surface area contributed by atoms with Crippen molar-refractivity contribution in [2.45, 2.75) is 26.7 Å². The summed E-state index contributed by atoms with van der Waals surface area (Å²) in [6.07, 6.45) is 0.674. The SMILES string of the molecule is CCOc1cc(C)nc(NCCCC(=O)O)n1. The van der Waals surface area contributed by atoms with Gasteiger partial charge in [-0.15, -0.1) is 0 Å². The summed E-state index contributed by atoms with van der Waals surface area (Å²) in [7, 11) is 0. The van der Waals surface area contributed by atoms with E-state index in [1.165, 1.54) is 0 Å². The summed E-state index contributed by atoms with van der Waals surface area (Å²) in [6.45, 7) is 4.82. The average Bonchev–Trinajstić information content (AvgIpc) is 2.24. The molecule has 1 aromatic rings. The van der Waals surface area contributed by atoms with Gasteiger partial charge in [0.2, 0.25) is 11.8 Å². The normalized spacial score (nSPS) is 10.0. The Bertz CT molecular complexity index is 382. The Kier molecular flexibility index (Phi) is 5.19. The minimum Gasteiger partial charge on any atom is -0.481 e. The average molecular weight is 239 g/mol. The van der Waals surface area contributed by atoms with Gasteiger partial charge in [0.15, 0.2) is 0 Å². The maximum Gasteiger partial charge on any atom is 0.303 e.